The minimum absolute atomic E-state index is 0.0949. The van der Waals surface area contributed by atoms with Crippen molar-refractivity contribution < 1.29 is 4.79 Å². The van der Waals surface area contributed by atoms with E-state index < -0.39 is 0 Å². The van der Waals surface area contributed by atoms with E-state index in [4.69, 9.17) is 5.73 Å². The number of aromatic nitrogens is 2. The van der Waals surface area contributed by atoms with Gasteiger partial charge in [0.1, 0.15) is 0 Å². The normalized spacial score (nSPS) is 12.6. The zero-order valence-corrected chi connectivity index (χ0v) is 10.7. The van der Waals surface area contributed by atoms with Crippen LogP contribution in [0.15, 0.2) is 24.3 Å². The highest BCUT2D eigenvalue weighted by Gasteiger charge is 2.15. The summed E-state index contributed by atoms with van der Waals surface area (Å²) >= 11 is 0. The van der Waals surface area contributed by atoms with Crippen molar-refractivity contribution in [1.29, 1.82) is 0 Å². The summed E-state index contributed by atoms with van der Waals surface area (Å²) in [6.07, 6.45) is 0. The first-order chi connectivity index (χ1) is 8.67. The van der Waals surface area contributed by atoms with Gasteiger partial charge in [-0.05, 0) is 19.1 Å². The van der Waals surface area contributed by atoms with E-state index in [-0.39, 0.29) is 11.8 Å². The van der Waals surface area contributed by atoms with Crippen molar-refractivity contribution in [2.75, 3.05) is 11.9 Å². The Balaban J connectivity index is 2.36. The molecule has 3 N–H and O–H groups in total. The molecule has 0 fully saturated rings. The lowest BCUT2D eigenvalue weighted by atomic mass is 10.2. The lowest BCUT2D eigenvalue weighted by Gasteiger charge is -2.10. The molecule has 1 amide bonds. The van der Waals surface area contributed by atoms with Crippen molar-refractivity contribution >= 4 is 22.9 Å². The lowest BCUT2D eigenvalue weighted by molar-refractivity contribution is -0.119. The van der Waals surface area contributed by atoms with Crippen molar-refractivity contribution in [3.8, 4) is 0 Å². The molecule has 18 heavy (non-hydrogen) atoms. The van der Waals surface area contributed by atoms with Crippen LogP contribution in [0.2, 0.25) is 0 Å². The summed E-state index contributed by atoms with van der Waals surface area (Å²) in [5.41, 5.74) is 7.39. The van der Waals surface area contributed by atoms with E-state index in [2.05, 4.69) is 10.3 Å². The molecule has 1 aromatic heterocycles. The fourth-order valence-electron chi connectivity index (χ4n) is 1.83. The summed E-state index contributed by atoms with van der Waals surface area (Å²) in [6, 6.07) is 7.82. The number of fused-ring (bicyclic) bond motifs is 1. The van der Waals surface area contributed by atoms with Crippen LogP contribution in [-0.4, -0.2) is 22.0 Å². The Morgan fingerprint density at radius 2 is 2.22 bits per heavy atom. The lowest BCUT2D eigenvalue weighted by Crippen LogP contribution is -2.27. The summed E-state index contributed by atoms with van der Waals surface area (Å²) in [6.45, 7) is 4.91. The van der Waals surface area contributed by atoms with Gasteiger partial charge >= 0.3 is 0 Å². The smallest absolute Gasteiger partial charge is 0.230 e. The van der Waals surface area contributed by atoms with Gasteiger partial charge in [-0.2, -0.15) is 0 Å². The molecule has 0 spiro atoms. The Morgan fingerprint density at radius 3 is 2.89 bits per heavy atom. The molecule has 1 aromatic carbocycles. The highest BCUT2D eigenvalue weighted by atomic mass is 16.2. The summed E-state index contributed by atoms with van der Waals surface area (Å²) in [7, 11) is 0. The standard InChI is InChI=1S/C13H18N4O/c1-3-17-11-7-5-4-6-10(11)15-13(17)16-12(18)9(2)8-14/h4-7,9H,3,8,14H2,1-2H3,(H,15,16,18). The minimum Gasteiger partial charge on any atom is -0.330 e. The number of anilines is 1. The fraction of sp³-hybridized carbons (Fsp3) is 0.385. The van der Waals surface area contributed by atoms with Crippen LogP contribution in [-0.2, 0) is 11.3 Å². The number of carbonyl (C=O) groups is 1. The predicted octanol–water partition coefficient (Wildman–Crippen LogP) is 1.59. The highest BCUT2D eigenvalue weighted by molar-refractivity contribution is 5.93. The number of rotatable bonds is 4. The summed E-state index contributed by atoms with van der Waals surface area (Å²) in [5.74, 6) is 0.279. The molecule has 2 rings (SSSR count). The maximum absolute atomic E-state index is 11.8. The number of amides is 1. The third-order valence-electron chi connectivity index (χ3n) is 3.01. The second kappa shape index (κ2) is 5.18. The van der Waals surface area contributed by atoms with Crippen molar-refractivity contribution in [3.05, 3.63) is 24.3 Å². The number of hydrogen-bond donors (Lipinski definition) is 2. The highest BCUT2D eigenvalue weighted by Crippen LogP contribution is 2.19. The van der Waals surface area contributed by atoms with Crippen molar-refractivity contribution in [3.63, 3.8) is 0 Å². The van der Waals surface area contributed by atoms with Crippen LogP contribution in [0.5, 0.6) is 0 Å². The zero-order chi connectivity index (χ0) is 13.1. The topological polar surface area (TPSA) is 72.9 Å². The van der Waals surface area contributed by atoms with Crippen molar-refractivity contribution in [2.45, 2.75) is 20.4 Å². The van der Waals surface area contributed by atoms with Gasteiger partial charge in [-0.25, -0.2) is 4.98 Å². The molecule has 1 atom stereocenters. The Kier molecular flexibility index (Phi) is 3.62. The van der Waals surface area contributed by atoms with Gasteiger partial charge in [-0.15, -0.1) is 0 Å². The molecule has 0 aliphatic heterocycles. The first-order valence-corrected chi connectivity index (χ1v) is 6.13. The number of nitrogens with zero attached hydrogens (tertiary/aromatic N) is 2. The maximum Gasteiger partial charge on any atom is 0.230 e. The molecule has 5 heteroatoms. The molecule has 0 aliphatic rings. The Labute approximate surface area is 106 Å². The summed E-state index contributed by atoms with van der Waals surface area (Å²) in [4.78, 5) is 16.3. The Hall–Kier alpha value is -1.88. The van der Waals surface area contributed by atoms with Gasteiger partial charge in [0.2, 0.25) is 11.9 Å². The van der Waals surface area contributed by atoms with E-state index >= 15 is 0 Å². The van der Waals surface area contributed by atoms with Crippen LogP contribution < -0.4 is 11.1 Å². The van der Waals surface area contributed by atoms with Gasteiger partial charge in [-0.3, -0.25) is 10.1 Å². The Morgan fingerprint density at radius 1 is 1.50 bits per heavy atom. The first kappa shape index (κ1) is 12.6. The fourth-order valence-corrected chi connectivity index (χ4v) is 1.83. The molecule has 1 heterocycles. The van der Waals surface area contributed by atoms with Crippen LogP contribution in [0.4, 0.5) is 5.95 Å². The van der Waals surface area contributed by atoms with Gasteiger partial charge in [0.15, 0.2) is 0 Å². The molecular weight excluding hydrogens is 228 g/mol. The molecular formula is C13H18N4O. The van der Waals surface area contributed by atoms with Crippen LogP contribution in [0.25, 0.3) is 11.0 Å². The SMILES string of the molecule is CCn1c(NC(=O)C(C)CN)nc2ccccc21. The predicted molar refractivity (Wildman–Crippen MR) is 72.3 cm³/mol. The second-order valence-electron chi connectivity index (χ2n) is 4.29. The van der Waals surface area contributed by atoms with Crippen LogP contribution >= 0.6 is 0 Å². The molecule has 0 saturated heterocycles. The summed E-state index contributed by atoms with van der Waals surface area (Å²) in [5, 5.41) is 2.83. The van der Waals surface area contributed by atoms with Gasteiger partial charge in [0.25, 0.3) is 0 Å². The molecule has 5 nitrogen and oxygen atoms in total. The number of nitrogens with two attached hydrogens (primary N) is 1. The number of nitrogens with one attached hydrogen (secondary N) is 1. The Bertz CT molecular complexity index is 561. The van der Waals surface area contributed by atoms with Crippen LogP contribution in [0.3, 0.4) is 0 Å². The first-order valence-electron chi connectivity index (χ1n) is 6.13. The van der Waals surface area contributed by atoms with E-state index in [0.29, 0.717) is 12.5 Å². The van der Waals surface area contributed by atoms with Crippen LogP contribution in [0, 0.1) is 5.92 Å². The van der Waals surface area contributed by atoms with Gasteiger partial charge in [0, 0.05) is 19.0 Å². The van der Waals surface area contributed by atoms with E-state index in [9.17, 15) is 4.79 Å². The van der Waals surface area contributed by atoms with Gasteiger partial charge in [-0.1, -0.05) is 19.1 Å². The zero-order valence-electron chi connectivity index (χ0n) is 10.7. The van der Waals surface area contributed by atoms with Gasteiger partial charge in [0.05, 0.1) is 11.0 Å². The van der Waals surface area contributed by atoms with Gasteiger partial charge < -0.3 is 10.3 Å². The van der Waals surface area contributed by atoms with Crippen LogP contribution in [0.1, 0.15) is 13.8 Å². The molecule has 0 aliphatic carbocycles. The second-order valence-corrected chi connectivity index (χ2v) is 4.29. The average Bonchev–Trinajstić information content (AvgIpc) is 2.74. The molecule has 0 bridgehead atoms. The molecule has 0 saturated carbocycles. The third kappa shape index (κ3) is 2.22. The quantitative estimate of drug-likeness (QED) is 0.860. The number of aryl methyl sites for hydroxylation is 1. The number of para-hydroxylation sites is 2. The van der Waals surface area contributed by atoms with E-state index in [1.807, 2.05) is 35.8 Å². The monoisotopic (exact) mass is 246 g/mol. The summed E-state index contributed by atoms with van der Waals surface area (Å²) < 4.78 is 1.98. The van der Waals surface area contributed by atoms with E-state index in [1.165, 1.54) is 0 Å². The minimum atomic E-state index is -0.213. The van der Waals surface area contributed by atoms with Crippen molar-refractivity contribution in [2.24, 2.45) is 11.7 Å². The van der Waals surface area contributed by atoms with E-state index in [0.717, 1.165) is 17.6 Å². The number of hydrogen-bond acceptors (Lipinski definition) is 3. The van der Waals surface area contributed by atoms with Crippen molar-refractivity contribution in [1.82, 2.24) is 9.55 Å². The number of carbonyl (C=O) groups excluding carboxylic acids is 1. The molecule has 0 radical (unpaired) electrons. The number of imidazole rings is 1. The number of benzene rings is 1. The molecule has 96 valence electrons. The average molecular weight is 246 g/mol. The third-order valence-corrected chi connectivity index (χ3v) is 3.01. The maximum atomic E-state index is 11.8. The largest absolute Gasteiger partial charge is 0.330 e. The van der Waals surface area contributed by atoms with E-state index in [1.54, 1.807) is 6.92 Å². The molecule has 1 unspecified atom stereocenters. The molecule has 2 aromatic rings.